The van der Waals surface area contributed by atoms with Crippen LogP contribution < -0.4 is 0 Å². The number of imidazole rings is 1. The van der Waals surface area contributed by atoms with E-state index in [9.17, 15) is 0 Å². The number of likely N-dealkylation sites (tertiary alicyclic amines) is 1. The van der Waals surface area contributed by atoms with E-state index >= 15 is 0 Å². The summed E-state index contributed by atoms with van der Waals surface area (Å²) in [5.41, 5.74) is 2.50. The Labute approximate surface area is 148 Å². The number of hydrogen-bond donors (Lipinski definition) is 0. The maximum Gasteiger partial charge on any atom is 0.147 e. The fourth-order valence-corrected chi connectivity index (χ4v) is 3.66. The Hall–Kier alpha value is -2.47. The van der Waals surface area contributed by atoms with Crippen LogP contribution >= 0.6 is 0 Å². The maximum absolute atomic E-state index is 4.53. The van der Waals surface area contributed by atoms with Crippen molar-refractivity contribution >= 4 is 0 Å². The summed E-state index contributed by atoms with van der Waals surface area (Å²) < 4.78 is 4.08. The molecule has 0 aliphatic carbocycles. The summed E-state index contributed by atoms with van der Waals surface area (Å²) in [5.74, 6) is 1.87. The molecule has 0 spiro atoms. The van der Waals surface area contributed by atoms with Gasteiger partial charge in [0.2, 0.25) is 0 Å². The average Bonchev–Trinajstić information content (AvgIpc) is 3.32. The number of nitrogens with zero attached hydrogens (tertiary/aromatic N) is 6. The zero-order valence-corrected chi connectivity index (χ0v) is 14.8. The molecule has 0 amide bonds. The summed E-state index contributed by atoms with van der Waals surface area (Å²) >= 11 is 0. The van der Waals surface area contributed by atoms with Crippen LogP contribution in [0.1, 0.15) is 30.1 Å². The lowest BCUT2D eigenvalue weighted by atomic mass is 10.1. The summed E-state index contributed by atoms with van der Waals surface area (Å²) in [5, 5.41) is 4.53. The zero-order chi connectivity index (χ0) is 17.2. The molecule has 1 atom stereocenters. The highest BCUT2D eigenvalue weighted by atomic mass is 15.4. The van der Waals surface area contributed by atoms with Gasteiger partial charge in [-0.05, 0) is 50.9 Å². The van der Waals surface area contributed by atoms with Gasteiger partial charge in [-0.2, -0.15) is 5.10 Å². The van der Waals surface area contributed by atoms with Crippen molar-refractivity contribution in [3.63, 3.8) is 0 Å². The molecule has 0 radical (unpaired) electrons. The minimum atomic E-state index is 0.535. The summed E-state index contributed by atoms with van der Waals surface area (Å²) in [7, 11) is 0. The Morgan fingerprint density at radius 2 is 2.00 bits per heavy atom. The first kappa shape index (κ1) is 16.0. The number of benzene rings is 1. The Bertz CT molecular complexity index is 818. The Balaban J connectivity index is 1.43. The van der Waals surface area contributed by atoms with E-state index in [0.717, 1.165) is 37.0 Å². The standard InChI is InChI=1S/C19H24N6/c1-15-21-16(2)25(22-15)13-19-4-3-10-23(19)12-17-5-7-18(8-6-17)24-11-9-20-14-24/h5-9,11,14,19H,3-4,10,12-13H2,1-2H3/t19-/m1/s1. The summed E-state index contributed by atoms with van der Waals surface area (Å²) in [6.45, 7) is 7.06. The smallest absolute Gasteiger partial charge is 0.147 e. The lowest BCUT2D eigenvalue weighted by Gasteiger charge is -2.24. The van der Waals surface area contributed by atoms with Gasteiger partial charge in [0.05, 0.1) is 12.9 Å². The van der Waals surface area contributed by atoms with Gasteiger partial charge in [-0.1, -0.05) is 12.1 Å². The second kappa shape index (κ2) is 6.80. The third kappa shape index (κ3) is 3.49. The van der Waals surface area contributed by atoms with E-state index in [0.29, 0.717) is 6.04 Å². The number of aryl methyl sites for hydroxylation is 2. The largest absolute Gasteiger partial charge is 0.306 e. The highest BCUT2D eigenvalue weighted by Crippen LogP contribution is 2.22. The van der Waals surface area contributed by atoms with Gasteiger partial charge in [0.25, 0.3) is 0 Å². The van der Waals surface area contributed by atoms with E-state index in [1.807, 2.05) is 30.9 Å². The van der Waals surface area contributed by atoms with Gasteiger partial charge in [-0.3, -0.25) is 4.90 Å². The molecule has 6 nitrogen and oxygen atoms in total. The van der Waals surface area contributed by atoms with Crippen LogP contribution in [0.15, 0.2) is 43.0 Å². The van der Waals surface area contributed by atoms with Crippen LogP contribution in [0.4, 0.5) is 0 Å². The van der Waals surface area contributed by atoms with Crippen molar-refractivity contribution in [3.05, 3.63) is 60.2 Å². The molecular weight excluding hydrogens is 312 g/mol. The summed E-state index contributed by atoms with van der Waals surface area (Å²) in [4.78, 5) is 11.1. The predicted octanol–water partition coefficient (Wildman–Crippen LogP) is 2.75. The molecule has 3 heterocycles. The Kier molecular flexibility index (Phi) is 4.36. The van der Waals surface area contributed by atoms with Crippen molar-refractivity contribution in [2.24, 2.45) is 0 Å². The molecular formula is C19H24N6. The van der Waals surface area contributed by atoms with E-state index < -0.39 is 0 Å². The van der Waals surface area contributed by atoms with Crippen LogP contribution in [-0.2, 0) is 13.1 Å². The minimum Gasteiger partial charge on any atom is -0.306 e. The molecule has 6 heteroatoms. The predicted molar refractivity (Wildman–Crippen MR) is 96.5 cm³/mol. The van der Waals surface area contributed by atoms with Crippen molar-refractivity contribution in [2.45, 2.75) is 45.8 Å². The molecule has 1 aromatic carbocycles. The van der Waals surface area contributed by atoms with Crippen molar-refractivity contribution in [3.8, 4) is 5.69 Å². The topological polar surface area (TPSA) is 51.8 Å². The molecule has 0 N–H and O–H groups in total. The molecule has 4 rings (SSSR count). The molecule has 25 heavy (non-hydrogen) atoms. The number of aromatic nitrogens is 5. The molecule has 3 aromatic rings. The van der Waals surface area contributed by atoms with Gasteiger partial charge in [-0.25, -0.2) is 14.6 Å². The van der Waals surface area contributed by atoms with Gasteiger partial charge in [-0.15, -0.1) is 0 Å². The fourth-order valence-electron chi connectivity index (χ4n) is 3.66. The monoisotopic (exact) mass is 336 g/mol. The van der Waals surface area contributed by atoms with Crippen LogP contribution in [-0.4, -0.2) is 41.8 Å². The quantitative estimate of drug-likeness (QED) is 0.719. The Morgan fingerprint density at radius 1 is 1.16 bits per heavy atom. The fraction of sp³-hybridized carbons (Fsp3) is 0.421. The van der Waals surface area contributed by atoms with Gasteiger partial charge < -0.3 is 4.57 Å². The van der Waals surface area contributed by atoms with Crippen LogP contribution in [0, 0.1) is 13.8 Å². The first-order chi connectivity index (χ1) is 12.2. The SMILES string of the molecule is Cc1nc(C)n(C[C@H]2CCCN2Cc2ccc(-n3ccnc3)cc2)n1. The molecule has 0 saturated carbocycles. The molecule has 1 fully saturated rings. The number of rotatable bonds is 5. The van der Waals surface area contributed by atoms with Crippen LogP contribution in [0.25, 0.3) is 5.69 Å². The van der Waals surface area contributed by atoms with Crippen molar-refractivity contribution in [2.75, 3.05) is 6.54 Å². The average molecular weight is 336 g/mol. The molecule has 1 saturated heterocycles. The lowest BCUT2D eigenvalue weighted by Crippen LogP contribution is -2.33. The third-order valence-corrected chi connectivity index (χ3v) is 4.97. The Morgan fingerprint density at radius 3 is 2.68 bits per heavy atom. The maximum atomic E-state index is 4.53. The molecule has 1 aliphatic rings. The van der Waals surface area contributed by atoms with Crippen molar-refractivity contribution < 1.29 is 0 Å². The van der Waals surface area contributed by atoms with E-state index in [1.54, 1.807) is 6.20 Å². The molecule has 2 aromatic heterocycles. The molecule has 1 aliphatic heterocycles. The van der Waals surface area contributed by atoms with E-state index in [2.05, 4.69) is 48.9 Å². The zero-order valence-electron chi connectivity index (χ0n) is 14.8. The van der Waals surface area contributed by atoms with Gasteiger partial charge in [0.15, 0.2) is 0 Å². The van der Waals surface area contributed by atoms with Crippen molar-refractivity contribution in [1.82, 2.24) is 29.2 Å². The van der Waals surface area contributed by atoms with Crippen LogP contribution in [0.2, 0.25) is 0 Å². The normalized spacial score (nSPS) is 18.1. The lowest BCUT2D eigenvalue weighted by molar-refractivity contribution is 0.218. The second-order valence-corrected chi connectivity index (χ2v) is 6.79. The highest BCUT2D eigenvalue weighted by molar-refractivity contribution is 5.34. The van der Waals surface area contributed by atoms with E-state index in [-0.39, 0.29) is 0 Å². The molecule has 130 valence electrons. The van der Waals surface area contributed by atoms with Crippen LogP contribution in [0.3, 0.4) is 0 Å². The summed E-state index contributed by atoms with van der Waals surface area (Å²) in [6, 6.07) is 9.29. The van der Waals surface area contributed by atoms with Gasteiger partial charge in [0.1, 0.15) is 11.6 Å². The van der Waals surface area contributed by atoms with E-state index in [1.165, 1.54) is 18.4 Å². The first-order valence-electron chi connectivity index (χ1n) is 8.88. The third-order valence-electron chi connectivity index (χ3n) is 4.97. The molecule has 0 unspecified atom stereocenters. The van der Waals surface area contributed by atoms with Crippen LogP contribution in [0.5, 0.6) is 0 Å². The number of hydrogen-bond acceptors (Lipinski definition) is 4. The first-order valence-corrected chi connectivity index (χ1v) is 8.88. The van der Waals surface area contributed by atoms with Gasteiger partial charge in [0, 0.05) is 30.7 Å². The highest BCUT2D eigenvalue weighted by Gasteiger charge is 2.25. The molecule has 0 bridgehead atoms. The summed E-state index contributed by atoms with van der Waals surface area (Å²) in [6.07, 6.45) is 8.08. The van der Waals surface area contributed by atoms with E-state index in [4.69, 9.17) is 0 Å². The van der Waals surface area contributed by atoms with Gasteiger partial charge >= 0.3 is 0 Å². The minimum absolute atomic E-state index is 0.535. The second-order valence-electron chi connectivity index (χ2n) is 6.79. The van der Waals surface area contributed by atoms with Crippen molar-refractivity contribution in [1.29, 1.82) is 0 Å².